The molecule has 0 radical (unpaired) electrons. The lowest BCUT2D eigenvalue weighted by atomic mass is 10.0. The van der Waals surface area contributed by atoms with E-state index in [-0.39, 0.29) is 11.8 Å². The van der Waals surface area contributed by atoms with E-state index >= 15 is 0 Å². The van der Waals surface area contributed by atoms with Crippen molar-refractivity contribution in [2.45, 2.75) is 12.3 Å². The van der Waals surface area contributed by atoms with Gasteiger partial charge >= 0.3 is 0 Å². The van der Waals surface area contributed by atoms with Crippen molar-refractivity contribution in [3.63, 3.8) is 0 Å². The number of benzene rings is 1. The van der Waals surface area contributed by atoms with Crippen molar-refractivity contribution >= 4 is 11.6 Å². The van der Waals surface area contributed by atoms with Gasteiger partial charge in [0.15, 0.2) is 0 Å². The summed E-state index contributed by atoms with van der Waals surface area (Å²) >= 11 is 0. The van der Waals surface area contributed by atoms with E-state index in [0.29, 0.717) is 5.92 Å². The molecule has 1 aliphatic carbocycles. The Morgan fingerprint density at radius 1 is 1.43 bits per heavy atom. The zero-order valence-corrected chi connectivity index (χ0v) is 7.91. The molecule has 1 fully saturated rings. The van der Waals surface area contributed by atoms with E-state index in [1.54, 1.807) is 7.11 Å². The Hall–Kier alpha value is -1.51. The third kappa shape index (κ3) is 0.953. The quantitative estimate of drug-likeness (QED) is 0.730. The van der Waals surface area contributed by atoms with Gasteiger partial charge in [0.1, 0.15) is 5.75 Å². The first kappa shape index (κ1) is 7.85. The second-order valence-electron chi connectivity index (χ2n) is 3.89. The third-order valence-corrected chi connectivity index (χ3v) is 3.05. The summed E-state index contributed by atoms with van der Waals surface area (Å²) in [6, 6.07) is 5.89. The normalized spacial score (nSPS) is 27.4. The van der Waals surface area contributed by atoms with E-state index in [1.165, 1.54) is 5.56 Å². The zero-order valence-electron chi connectivity index (χ0n) is 7.91. The summed E-state index contributed by atoms with van der Waals surface area (Å²) in [5.41, 5.74) is 2.18. The minimum Gasteiger partial charge on any atom is -0.497 e. The average Bonchev–Trinajstić information content (AvgIpc) is 2.97. The Kier molecular flexibility index (Phi) is 1.40. The lowest BCUT2D eigenvalue weighted by molar-refractivity contribution is -0.117. The van der Waals surface area contributed by atoms with Crippen molar-refractivity contribution in [3.05, 3.63) is 23.8 Å². The van der Waals surface area contributed by atoms with Crippen LogP contribution in [0.15, 0.2) is 18.2 Å². The van der Waals surface area contributed by atoms with Crippen molar-refractivity contribution in [1.82, 2.24) is 0 Å². The molecule has 1 aliphatic heterocycles. The number of nitrogens with one attached hydrogen (secondary N) is 1. The molecule has 1 aromatic rings. The number of anilines is 1. The Balaban J connectivity index is 2.07. The molecule has 3 heteroatoms. The van der Waals surface area contributed by atoms with Gasteiger partial charge in [0.25, 0.3) is 0 Å². The molecular weight excluding hydrogens is 178 g/mol. The van der Waals surface area contributed by atoms with E-state index in [9.17, 15) is 4.79 Å². The predicted octanol–water partition coefficient (Wildman–Crippen LogP) is 1.75. The fourth-order valence-electron chi connectivity index (χ4n) is 2.15. The van der Waals surface area contributed by atoms with Crippen LogP contribution in [-0.4, -0.2) is 13.0 Å². The molecule has 0 spiro atoms. The van der Waals surface area contributed by atoms with Crippen LogP contribution in [0.2, 0.25) is 0 Å². The maximum absolute atomic E-state index is 11.4. The highest BCUT2D eigenvalue weighted by molar-refractivity contribution is 5.99. The van der Waals surface area contributed by atoms with Crippen LogP contribution in [-0.2, 0) is 4.79 Å². The number of fused-ring (bicyclic) bond motifs is 3. The van der Waals surface area contributed by atoms with Gasteiger partial charge in [-0.1, -0.05) is 6.07 Å². The van der Waals surface area contributed by atoms with Crippen molar-refractivity contribution in [1.29, 1.82) is 0 Å². The maximum Gasteiger partial charge on any atom is 0.228 e. The van der Waals surface area contributed by atoms with Gasteiger partial charge in [0, 0.05) is 17.7 Å². The highest BCUT2D eigenvalue weighted by Gasteiger charge is 2.48. The molecular formula is C11H11NO2. The summed E-state index contributed by atoms with van der Waals surface area (Å²) in [6.07, 6.45) is 1.01. The Labute approximate surface area is 82.1 Å². The number of carbonyl (C=O) groups excluding carboxylic acids is 1. The number of rotatable bonds is 1. The van der Waals surface area contributed by atoms with Crippen LogP contribution in [0, 0.1) is 5.92 Å². The maximum atomic E-state index is 11.4. The molecule has 1 N–H and O–H groups in total. The van der Waals surface area contributed by atoms with Gasteiger partial charge in [-0.25, -0.2) is 0 Å². The van der Waals surface area contributed by atoms with E-state index in [2.05, 4.69) is 11.4 Å². The standard InChI is InChI=1S/C11H11NO2/c1-14-6-2-3-7-8-5-9(8)11(13)12-10(7)4-6/h2-4,8-9H,5H2,1H3,(H,12,13). The van der Waals surface area contributed by atoms with Gasteiger partial charge in [-0.05, 0) is 24.0 Å². The second kappa shape index (κ2) is 2.50. The van der Waals surface area contributed by atoms with Gasteiger partial charge < -0.3 is 10.1 Å². The molecule has 1 amide bonds. The molecule has 72 valence electrons. The first-order valence-corrected chi connectivity index (χ1v) is 4.78. The van der Waals surface area contributed by atoms with Gasteiger partial charge in [-0.15, -0.1) is 0 Å². The number of methoxy groups -OCH3 is 1. The SMILES string of the molecule is COc1ccc2c(c1)NC(=O)C1CC21. The summed E-state index contributed by atoms with van der Waals surface area (Å²) in [5.74, 6) is 1.65. The van der Waals surface area contributed by atoms with E-state index < -0.39 is 0 Å². The van der Waals surface area contributed by atoms with Crippen molar-refractivity contribution < 1.29 is 9.53 Å². The molecule has 3 nitrogen and oxygen atoms in total. The van der Waals surface area contributed by atoms with Gasteiger partial charge in [0.05, 0.1) is 7.11 Å². The number of amides is 1. The first-order valence-electron chi connectivity index (χ1n) is 4.78. The summed E-state index contributed by atoms with van der Waals surface area (Å²) in [6.45, 7) is 0. The number of ether oxygens (including phenoxy) is 1. The van der Waals surface area contributed by atoms with Crippen LogP contribution in [0.4, 0.5) is 5.69 Å². The Morgan fingerprint density at radius 3 is 3.07 bits per heavy atom. The summed E-state index contributed by atoms with van der Waals surface area (Å²) in [5, 5.41) is 2.91. The van der Waals surface area contributed by atoms with E-state index in [4.69, 9.17) is 4.74 Å². The van der Waals surface area contributed by atoms with Crippen LogP contribution in [0.5, 0.6) is 5.75 Å². The van der Waals surface area contributed by atoms with Crippen LogP contribution in [0.25, 0.3) is 0 Å². The van der Waals surface area contributed by atoms with Gasteiger partial charge in [-0.2, -0.15) is 0 Å². The van der Waals surface area contributed by atoms with Crippen LogP contribution in [0.3, 0.4) is 0 Å². The fraction of sp³-hybridized carbons (Fsp3) is 0.364. The lowest BCUT2D eigenvalue weighted by Crippen LogP contribution is -2.19. The predicted molar refractivity (Wildman–Crippen MR) is 52.5 cm³/mol. The first-order chi connectivity index (χ1) is 6.79. The van der Waals surface area contributed by atoms with Crippen molar-refractivity contribution in [2.75, 3.05) is 12.4 Å². The molecule has 2 unspecified atom stereocenters. The van der Waals surface area contributed by atoms with Crippen LogP contribution in [0.1, 0.15) is 17.9 Å². The summed E-state index contributed by atoms with van der Waals surface area (Å²) < 4.78 is 5.11. The van der Waals surface area contributed by atoms with Crippen LogP contribution < -0.4 is 10.1 Å². The topological polar surface area (TPSA) is 38.3 Å². The highest BCUT2D eigenvalue weighted by atomic mass is 16.5. The molecule has 3 rings (SSSR count). The molecule has 1 aromatic carbocycles. The number of hydrogen-bond donors (Lipinski definition) is 1. The molecule has 1 heterocycles. The summed E-state index contributed by atoms with van der Waals surface area (Å²) in [7, 11) is 1.63. The zero-order chi connectivity index (χ0) is 9.71. The highest BCUT2D eigenvalue weighted by Crippen LogP contribution is 2.53. The Morgan fingerprint density at radius 2 is 2.29 bits per heavy atom. The molecule has 0 bridgehead atoms. The molecule has 1 saturated carbocycles. The monoisotopic (exact) mass is 189 g/mol. The average molecular weight is 189 g/mol. The van der Waals surface area contributed by atoms with Crippen molar-refractivity contribution in [3.8, 4) is 5.75 Å². The minimum absolute atomic E-state index is 0.163. The Bertz CT molecular complexity index is 414. The van der Waals surface area contributed by atoms with Gasteiger partial charge in [-0.3, -0.25) is 4.79 Å². The minimum atomic E-state index is 0.163. The lowest BCUT2D eigenvalue weighted by Gasteiger charge is -2.16. The van der Waals surface area contributed by atoms with E-state index in [0.717, 1.165) is 17.9 Å². The van der Waals surface area contributed by atoms with Crippen LogP contribution >= 0.6 is 0 Å². The fourth-order valence-corrected chi connectivity index (χ4v) is 2.15. The molecule has 0 aromatic heterocycles. The smallest absolute Gasteiger partial charge is 0.228 e. The number of carbonyl (C=O) groups is 1. The molecule has 2 atom stereocenters. The largest absolute Gasteiger partial charge is 0.497 e. The second-order valence-corrected chi connectivity index (χ2v) is 3.89. The van der Waals surface area contributed by atoms with Gasteiger partial charge in [0.2, 0.25) is 5.91 Å². The molecule has 14 heavy (non-hydrogen) atoms. The number of hydrogen-bond acceptors (Lipinski definition) is 2. The molecule has 2 aliphatic rings. The van der Waals surface area contributed by atoms with E-state index in [1.807, 2.05) is 12.1 Å². The van der Waals surface area contributed by atoms with Crippen molar-refractivity contribution in [2.24, 2.45) is 5.92 Å². The molecule has 0 saturated heterocycles. The third-order valence-electron chi connectivity index (χ3n) is 3.05. The summed E-state index contributed by atoms with van der Waals surface area (Å²) in [4.78, 5) is 11.4.